The summed E-state index contributed by atoms with van der Waals surface area (Å²) in [5, 5.41) is 0. The smallest absolute Gasteiger partial charge is 0.387 e. The van der Waals surface area contributed by atoms with Crippen LogP contribution in [0.3, 0.4) is 0 Å². The highest BCUT2D eigenvalue weighted by atomic mass is 32.3. The fraction of sp³-hybridized carbons (Fsp3) is 0.292. The first kappa shape index (κ1) is 23.5. The van der Waals surface area contributed by atoms with E-state index in [1.165, 1.54) is 6.07 Å². The SMILES string of the molecule is Cc1nc2ccc(-c3cnc(N4CCS(O)(O)CC4)nc3)cn2c1Cc1ccccc1OC(F)F. The lowest BCUT2D eigenvalue weighted by Crippen LogP contribution is -2.39. The number of rotatable bonds is 6. The van der Waals surface area contributed by atoms with E-state index in [1.807, 2.05) is 34.6 Å². The average molecular weight is 502 g/mol. The zero-order valence-corrected chi connectivity index (χ0v) is 19.8. The highest BCUT2D eigenvalue weighted by Gasteiger charge is 2.23. The van der Waals surface area contributed by atoms with E-state index in [-0.39, 0.29) is 5.75 Å². The van der Waals surface area contributed by atoms with Gasteiger partial charge in [0.2, 0.25) is 5.95 Å². The van der Waals surface area contributed by atoms with Gasteiger partial charge in [-0.3, -0.25) is 9.11 Å². The average Bonchev–Trinajstić information content (AvgIpc) is 3.14. The van der Waals surface area contributed by atoms with Crippen molar-refractivity contribution in [3.63, 3.8) is 0 Å². The minimum absolute atomic E-state index is 0.149. The number of ether oxygens (including phenoxy) is 1. The van der Waals surface area contributed by atoms with Crippen LogP contribution in [0.15, 0.2) is 55.0 Å². The van der Waals surface area contributed by atoms with Crippen molar-refractivity contribution < 1.29 is 22.6 Å². The molecule has 8 nitrogen and oxygen atoms in total. The normalized spacial score (nSPS) is 16.6. The third-order valence-electron chi connectivity index (χ3n) is 6.09. The molecule has 0 bridgehead atoms. The highest BCUT2D eigenvalue weighted by Crippen LogP contribution is 2.40. The van der Waals surface area contributed by atoms with Crippen LogP contribution in [0.25, 0.3) is 16.8 Å². The number of imidazole rings is 1. The molecule has 2 N–H and O–H groups in total. The first-order valence-corrected chi connectivity index (χ1v) is 13.0. The molecule has 0 unspecified atom stereocenters. The Kier molecular flexibility index (Phi) is 6.30. The van der Waals surface area contributed by atoms with E-state index in [2.05, 4.69) is 15.0 Å². The predicted octanol–water partition coefficient (Wildman–Crippen LogP) is 4.86. The van der Waals surface area contributed by atoms with Gasteiger partial charge in [-0.25, -0.2) is 15.0 Å². The van der Waals surface area contributed by atoms with Gasteiger partial charge in [0.1, 0.15) is 11.4 Å². The summed E-state index contributed by atoms with van der Waals surface area (Å²) >= 11 is 0. The van der Waals surface area contributed by atoms with Crippen molar-refractivity contribution in [2.24, 2.45) is 0 Å². The summed E-state index contributed by atoms with van der Waals surface area (Å²) in [6.45, 7) is 0.00371. The van der Waals surface area contributed by atoms with E-state index in [4.69, 9.17) is 4.74 Å². The molecule has 0 radical (unpaired) electrons. The Hall–Kier alpha value is -3.28. The summed E-state index contributed by atoms with van der Waals surface area (Å²) in [6.07, 6.45) is 5.80. The van der Waals surface area contributed by atoms with Crippen molar-refractivity contribution in [2.75, 3.05) is 29.5 Å². The molecule has 1 aliphatic heterocycles. The van der Waals surface area contributed by atoms with Crippen LogP contribution in [-0.2, 0) is 6.42 Å². The quantitative estimate of drug-likeness (QED) is 0.389. The Labute approximate surface area is 202 Å². The van der Waals surface area contributed by atoms with Crippen LogP contribution in [0.5, 0.6) is 5.75 Å². The second-order valence-electron chi connectivity index (χ2n) is 8.42. The Morgan fingerprint density at radius 3 is 2.46 bits per heavy atom. The second-order valence-corrected chi connectivity index (χ2v) is 10.8. The number of para-hydroxylation sites is 1. The lowest BCUT2D eigenvalue weighted by atomic mass is 10.1. The topological polar surface area (TPSA) is 96.0 Å². The van der Waals surface area contributed by atoms with Gasteiger partial charge in [0.15, 0.2) is 0 Å². The minimum atomic E-state index is -2.89. The van der Waals surface area contributed by atoms with E-state index >= 15 is 0 Å². The monoisotopic (exact) mass is 501 g/mol. The summed E-state index contributed by atoms with van der Waals surface area (Å²) < 4.78 is 52.0. The maximum absolute atomic E-state index is 12.9. The molecule has 3 aromatic heterocycles. The second kappa shape index (κ2) is 9.40. The molecule has 1 fully saturated rings. The van der Waals surface area contributed by atoms with E-state index in [0.29, 0.717) is 42.5 Å². The zero-order chi connectivity index (χ0) is 24.6. The lowest BCUT2D eigenvalue weighted by molar-refractivity contribution is -0.0504. The zero-order valence-electron chi connectivity index (χ0n) is 19.0. The third-order valence-corrected chi connectivity index (χ3v) is 7.77. The van der Waals surface area contributed by atoms with Crippen LogP contribution in [0.2, 0.25) is 0 Å². The first-order chi connectivity index (χ1) is 16.8. The predicted molar refractivity (Wildman–Crippen MR) is 132 cm³/mol. The molecule has 11 heteroatoms. The van der Waals surface area contributed by atoms with E-state index in [9.17, 15) is 17.9 Å². The van der Waals surface area contributed by atoms with E-state index in [0.717, 1.165) is 28.2 Å². The lowest BCUT2D eigenvalue weighted by Gasteiger charge is -2.40. The molecule has 1 aliphatic rings. The number of hydrogen-bond acceptors (Lipinski definition) is 7. The largest absolute Gasteiger partial charge is 0.435 e. The number of benzene rings is 1. The number of nitrogens with zero attached hydrogens (tertiary/aromatic N) is 5. The minimum Gasteiger partial charge on any atom is -0.435 e. The Bertz CT molecular complexity index is 1340. The van der Waals surface area contributed by atoms with Gasteiger partial charge in [-0.1, -0.05) is 18.2 Å². The number of pyridine rings is 1. The number of fused-ring (bicyclic) bond motifs is 1. The molecule has 0 atom stereocenters. The molecule has 0 spiro atoms. The summed E-state index contributed by atoms with van der Waals surface area (Å²) in [5.41, 5.74) is 4.77. The Morgan fingerprint density at radius 1 is 1.03 bits per heavy atom. The summed E-state index contributed by atoms with van der Waals surface area (Å²) in [7, 11) is -2.48. The number of anilines is 1. The number of aryl methyl sites for hydroxylation is 1. The van der Waals surface area contributed by atoms with Gasteiger partial charge in [0.05, 0.1) is 17.2 Å². The highest BCUT2D eigenvalue weighted by molar-refractivity contribution is 8.24. The van der Waals surface area contributed by atoms with Crippen LogP contribution in [-0.4, -0.2) is 59.7 Å². The molecule has 4 heterocycles. The fourth-order valence-corrected chi connectivity index (χ4v) is 5.43. The van der Waals surface area contributed by atoms with Crippen LogP contribution in [0.4, 0.5) is 14.7 Å². The van der Waals surface area contributed by atoms with Crippen molar-refractivity contribution in [1.82, 2.24) is 19.4 Å². The van der Waals surface area contributed by atoms with Gasteiger partial charge >= 0.3 is 6.61 Å². The number of alkyl halides is 2. The molecule has 184 valence electrons. The van der Waals surface area contributed by atoms with E-state index < -0.39 is 17.2 Å². The number of aromatic nitrogens is 4. The maximum Gasteiger partial charge on any atom is 0.387 e. The molecule has 35 heavy (non-hydrogen) atoms. The molecule has 0 saturated carbocycles. The summed E-state index contributed by atoms with van der Waals surface area (Å²) in [4.78, 5) is 15.5. The molecule has 0 aliphatic carbocycles. The Morgan fingerprint density at radius 2 is 1.74 bits per heavy atom. The summed E-state index contributed by atoms with van der Waals surface area (Å²) in [5.74, 6) is 1.35. The Balaban J connectivity index is 1.42. The molecular weight excluding hydrogens is 476 g/mol. The molecule has 1 aromatic carbocycles. The first-order valence-electron chi connectivity index (χ1n) is 11.1. The van der Waals surface area contributed by atoms with Crippen LogP contribution in [0.1, 0.15) is 17.0 Å². The molecular formula is C24H25F2N5O3S. The van der Waals surface area contributed by atoms with Crippen molar-refractivity contribution >= 4 is 22.2 Å². The van der Waals surface area contributed by atoms with Gasteiger partial charge < -0.3 is 14.0 Å². The molecule has 0 amide bonds. The van der Waals surface area contributed by atoms with Gasteiger partial charge in [-0.2, -0.15) is 19.4 Å². The molecule has 5 rings (SSSR count). The van der Waals surface area contributed by atoms with Crippen molar-refractivity contribution in [3.8, 4) is 16.9 Å². The van der Waals surface area contributed by atoms with Crippen molar-refractivity contribution in [1.29, 1.82) is 0 Å². The third kappa shape index (κ3) is 5.07. The fourth-order valence-electron chi connectivity index (χ4n) is 4.20. The van der Waals surface area contributed by atoms with Crippen molar-refractivity contribution in [2.45, 2.75) is 20.0 Å². The van der Waals surface area contributed by atoms with E-state index in [1.54, 1.807) is 30.6 Å². The van der Waals surface area contributed by atoms with Crippen LogP contribution in [0, 0.1) is 6.92 Å². The van der Waals surface area contributed by atoms with Gasteiger partial charge in [0, 0.05) is 60.5 Å². The molecule has 1 saturated heterocycles. The van der Waals surface area contributed by atoms with Crippen LogP contribution >= 0.6 is 10.6 Å². The standard InChI is InChI=1S/C24H25F2N5O3S/c1-16-20(12-17-4-2-3-5-21(17)34-23(25)26)31-15-18(6-7-22(31)29-16)19-13-27-24(28-14-19)30-8-10-35(32,33)11-9-30/h2-7,13-15,23,32-33H,8-12H2,1H3. The van der Waals surface area contributed by atoms with Gasteiger partial charge in [-0.15, -0.1) is 0 Å². The maximum atomic E-state index is 12.9. The van der Waals surface area contributed by atoms with Crippen molar-refractivity contribution in [3.05, 3.63) is 71.9 Å². The number of halogens is 2. The summed E-state index contributed by atoms with van der Waals surface area (Å²) in [6, 6.07) is 10.6. The van der Waals surface area contributed by atoms with Crippen LogP contribution < -0.4 is 9.64 Å². The van der Waals surface area contributed by atoms with Gasteiger partial charge in [-0.05, 0) is 25.1 Å². The molecule has 4 aromatic rings. The van der Waals surface area contributed by atoms with Gasteiger partial charge in [0.25, 0.3) is 0 Å². The number of hydrogen-bond donors (Lipinski definition) is 2.